The summed E-state index contributed by atoms with van der Waals surface area (Å²) in [5.41, 5.74) is 4.18. The van der Waals surface area contributed by atoms with Crippen LogP contribution < -0.4 is 0 Å². The molecule has 3 aromatic rings. The molecule has 0 amide bonds. The number of rotatable bonds is 9. The molecule has 6 nitrogen and oxygen atoms in total. The van der Waals surface area contributed by atoms with Gasteiger partial charge in [0, 0.05) is 45.0 Å². The third kappa shape index (κ3) is 4.13. The van der Waals surface area contributed by atoms with E-state index in [0.717, 1.165) is 41.0 Å². The van der Waals surface area contributed by atoms with Crippen molar-refractivity contribution in [3.63, 3.8) is 0 Å². The molecule has 0 saturated heterocycles. The highest BCUT2D eigenvalue weighted by molar-refractivity contribution is 5.69. The van der Waals surface area contributed by atoms with E-state index in [4.69, 9.17) is 10.1 Å². The maximum atomic E-state index is 5.06. The third-order valence-corrected chi connectivity index (χ3v) is 6.35. The SMILES string of the molecule is CC/C(=C\N(C)C)c1cc2nccn2c(-c2cnn(C(CC3CC3)CC3CC3)c2)n1. The average molecular weight is 405 g/mol. The van der Waals surface area contributed by atoms with Crippen LogP contribution in [0.25, 0.3) is 22.6 Å². The van der Waals surface area contributed by atoms with Gasteiger partial charge in [-0.05, 0) is 36.7 Å². The summed E-state index contributed by atoms with van der Waals surface area (Å²) in [6.07, 6.45) is 19.2. The molecule has 2 aliphatic carbocycles. The molecule has 0 N–H and O–H groups in total. The van der Waals surface area contributed by atoms with Crippen molar-refractivity contribution in [2.45, 2.75) is 57.9 Å². The number of allylic oxidation sites excluding steroid dienone is 1. The second-order valence-corrected chi connectivity index (χ2v) is 9.31. The Labute approximate surface area is 178 Å². The van der Waals surface area contributed by atoms with E-state index < -0.39 is 0 Å². The van der Waals surface area contributed by atoms with Gasteiger partial charge < -0.3 is 4.90 Å². The molecule has 3 aromatic heterocycles. The molecular formula is C24H32N6. The number of nitrogens with zero attached hydrogens (tertiary/aromatic N) is 6. The quantitative estimate of drug-likeness (QED) is 0.501. The minimum atomic E-state index is 0.528. The van der Waals surface area contributed by atoms with Crippen molar-refractivity contribution in [1.82, 2.24) is 29.0 Å². The van der Waals surface area contributed by atoms with E-state index in [1.807, 2.05) is 18.6 Å². The van der Waals surface area contributed by atoms with E-state index >= 15 is 0 Å². The van der Waals surface area contributed by atoms with Crippen molar-refractivity contribution in [3.8, 4) is 11.4 Å². The molecule has 2 aliphatic rings. The molecule has 30 heavy (non-hydrogen) atoms. The van der Waals surface area contributed by atoms with E-state index in [-0.39, 0.29) is 0 Å². The summed E-state index contributed by atoms with van der Waals surface area (Å²) < 4.78 is 4.30. The van der Waals surface area contributed by atoms with Gasteiger partial charge in [0.1, 0.15) is 11.5 Å². The van der Waals surface area contributed by atoms with E-state index in [9.17, 15) is 0 Å². The monoisotopic (exact) mass is 404 g/mol. The zero-order chi connectivity index (χ0) is 20.7. The van der Waals surface area contributed by atoms with Gasteiger partial charge in [0.15, 0.2) is 0 Å². The van der Waals surface area contributed by atoms with Crippen molar-refractivity contribution in [2.24, 2.45) is 11.8 Å². The van der Waals surface area contributed by atoms with Crippen molar-refractivity contribution in [3.05, 3.63) is 42.7 Å². The zero-order valence-corrected chi connectivity index (χ0v) is 18.3. The number of hydrogen-bond donors (Lipinski definition) is 0. The first-order chi connectivity index (χ1) is 14.6. The highest BCUT2D eigenvalue weighted by Crippen LogP contribution is 2.43. The molecule has 158 valence electrons. The molecule has 5 rings (SSSR count). The molecule has 6 heteroatoms. The fraction of sp³-hybridized carbons (Fsp3) is 0.542. The first-order valence-electron chi connectivity index (χ1n) is 11.4. The predicted molar refractivity (Wildman–Crippen MR) is 120 cm³/mol. The van der Waals surface area contributed by atoms with Gasteiger partial charge in [-0.25, -0.2) is 9.97 Å². The van der Waals surface area contributed by atoms with E-state index in [1.54, 1.807) is 0 Å². The first kappa shape index (κ1) is 19.3. The summed E-state index contributed by atoms with van der Waals surface area (Å²) in [5, 5.41) is 4.81. The lowest BCUT2D eigenvalue weighted by Crippen LogP contribution is -2.11. The molecule has 0 bridgehead atoms. The molecular weight excluding hydrogens is 372 g/mol. The summed E-state index contributed by atoms with van der Waals surface area (Å²) in [4.78, 5) is 11.7. The molecule has 0 spiro atoms. The second kappa shape index (κ2) is 7.89. The molecule has 0 unspecified atom stereocenters. The Hall–Kier alpha value is -2.63. The molecule has 0 radical (unpaired) electrons. The van der Waals surface area contributed by atoms with Crippen molar-refractivity contribution >= 4 is 11.2 Å². The summed E-state index contributed by atoms with van der Waals surface area (Å²) in [6, 6.07) is 2.61. The van der Waals surface area contributed by atoms with Gasteiger partial charge in [0.05, 0.1) is 23.5 Å². The zero-order valence-electron chi connectivity index (χ0n) is 18.3. The minimum absolute atomic E-state index is 0.528. The Morgan fingerprint density at radius 2 is 1.93 bits per heavy atom. The molecule has 0 atom stereocenters. The van der Waals surface area contributed by atoms with Gasteiger partial charge in [-0.1, -0.05) is 32.6 Å². The van der Waals surface area contributed by atoms with Gasteiger partial charge >= 0.3 is 0 Å². The van der Waals surface area contributed by atoms with Gasteiger partial charge in [0.2, 0.25) is 0 Å². The molecule has 0 aromatic carbocycles. The number of imidazole rings is 1. The average Bonchev–Trinajstić information content (AvgIpc) is 3.63. The largest absolute Gasteiger partial charge is 0.383 e. The van der Waals surface area contributed by atoms with Crippen molar-refractivity contribution in [1.29, 1.82) is 0 Å². The number of hydrogen-bond acceptors (Lipinski definition) is 4. The molecule has 2 fully saturated rings. The minimum Gasteiger partial charge on any atom is -0.383 e. The van der Waals surface area contributed by atoms with Gasteiger partial charge in [0.25, 0.3) is 0 Å². The van der Waals surface area contributed by atoms with Gasteiger partial charge in [-0.15, -0.1) is 0 Å². The Balaban J connectivity index is 1.51. The number of fused-ring (bicyclic) bond motifs is 1. The van der Waals surface area contributed by atoms with Crippen LogP contribution in [0.15, 0.2) is 37.1 Å². The predicted octanol–water partition coefficient (Wildman–Crippen LogP) is 5.05. The van der Waals surface area contributed by atoms with E-state index in [2.05, 4.69) is 58.4 Å². The van der Waals surface area contributed by atoms with Gasteiger partial charge in [-0.3, -0.25) is 9.08 Å². The van der Waals surface area contributed by atoms with Crippen molar-refractivity contribution in [2.75, 3.05) is 14.1 Å². The van der Waals surface area contributed by atoms with Crippen LogP contribution in [-0.2, 0) is 0 Å². The Morgan fingerprint density at radius 1 is 1.20 bits per heavy atom. The Kier molecular flexibility index (Phi) is 5.09. The molecule has 3 heterocycles. The lowest BCUT2D eigenvalue weighted by molar-refractivity contribution is 0.364. The topological polar surface area (TPSA) is 51.3 Å². The van der Waals surface area contributed by atoms with E-state index in [1.165, 1.54) is 44.1 Å². The molecule has 2 saturated carbocycles. The van der Waals surface area contributed by atoms with Crippen LogP contribution in [-0.4, -0.2) is 43.1 Å². The Bertz CT molecular complexity index is 1040. The second-order valence-electron chi connectivity index (χ2n) is 9.31. The maximum Gasteiger partial charge on any atom is 0.149 e. The van der Waals surface area contributed by atoms with Crippen LogP contribution >= 0.6 is 0 Å². The Morgan fingerprint density at radius 3 is 2.57 bits per heavy atom. The fourth-order valence-corrected chi connectivity index (χ4v) is 4.38. The van der Waals surface area contributed by atoms with Crippen LogP contribution in [0.1, 0.15) is 63.6 Å². The summed E-state index contributed by atoms with van der Waals surface area (Å²) >= 11 is 0. The smallest absolute Gasteiger partial charge is 0.149 e. The summed E-state index contributed by atoms with van der Waals surface area (Å²) in [7, 11) is 4.10. The van der Waals surface area contributed by atoms with Gasteiger partial charge in [-0.2, -0.15) is 5.10 Å². The van der Waals surface area contributed by atoms with Crippen LogP contribution in [0, 0.1) is 11.8 Å². The lowest BCUT2D eigenvalue weighted by Gasteiger charge is -2.17. The standard InChI is InChI=1S/C24H32N6/c1-4-19(15-28(2)3)22-13-23-25-9-10-29(23)24(27-22)20-14-26-30(16-20)21(11-17-5-6-17)12-18-7-8-18/h9-10,13-18,21H,4-8,11-12H2,1-3H3/b19-15+. The van der Waals surface area contributed by atoms with Crippen LogP contribution in [0.2, 0.25) is 0 Å². The molecule has 0 aliphatic heterocycles. The fourth-order valence-electron chi connectivity index (χ4n) is 4.38. The maximum absolute atomic E-state index is 5.06. The first-order valence-corrected chi connectivity index (χ1v) is 11.4. The van der Waals surface area contributed by atoms with Crippen LogP contribution in [0.5, 0.6) is 0 Å². The normalized spacial score (nSPS) is 17.3. The highest BCUT2D eigenvalue weighted by atomic mass is 15.3. The van der Waals surface area contributed by atoms with Crippen LogP contribution in [0.4, 0.5) is 0 Å². The summed E-state index contributed by atoms with van der Waals surface area (Å²) in [6.45, 7) is 2.17. The third-order valence-electron chi connectivity index (χ3n) is 6.35. The van der Waals surface area contributed by atoms with E-state index in [0.29, 0.717) is 6.04 Å². The van der Waals surface area contributed by atoms with Crippen LogP contribution in [0.3, 0.4) is 0 Å². The number of aromatic nitrogens is 5. The highest BCUT2D eigenvalue weighted by Gasteiger charge is 2.32. The lowest BCUT2D eigenvalue weighted by atomic mass is 10.0. The van der Waals surface area contributed by atoms with Crippen molar-refractivity contribution < 1.29 is 0 Å². The summed E-state index contributed by atoms with van der Waals surface area (Å²) in [5.74, 6) is 2.74.